The van der Waals surface area contributed by atoms with E-state index in [1.807, 2.05) is 6.21 Å². The Morgan fingerprint density at radius 2 is 2.00 bits per heavy atom. The Labute approximate surface area is 132 Å². The van der Waals surface area contributed by atoms with E-state index in [0.717, 1.165) is 36.1 Å². The molecule has 0 aliphatic heterocycles. The molecule has 0 saturated carbocycles. The largest absolute Gasteiger partial charge is 0.376 e. The first-order valence-electron chi connectivity index (χ1n) is 7.85. The van der Waals surface area contributed by atoms with Crippen molar-refractivity contribution in [2.45, 2.75) is 40.0 Å². The van der Waals surface area contributed by atoms with Gasteiger partial charge in [-0.2, -0.15) is 5.10 Å². The standard InChI is InChI=1S/C18H25N3O/c1-13-9-14(2)18(15(3)10-13)19-12-17(22)21-20-11-16-7-5-4-6-8-16/h4-5,9-11,16,19H,6-8,12H2,1-3H3,(H,21,22)/b20-11-/t16-/m1/s1. The molecule has 0 heterocycles. The number of anilines is 1. The quantitative estimate of drug-likeness (QED) is 0.497. The molecular formula is C18H25N3O. The summed E-state index contributed by atoms with van der Waals surface area (Å²) in [6.45, 7) is 6.41. The van der Waals surface area contributed by atoms with Crippen molar-refractivity contribution in [1.29, 1.82) is 0 Å². The second kappa shape index (κ2) is 7.78. The molecule has 0 saturated heterocycles. The van der Waals surface area contributed by atoms with Gasteiger partial charge in [0, 0.05) is 11.9 Å². The van der Waals surface area contributed by atoms with Crippen LogP contribution in [0, 0.1) is 26.7 Å². The van der Waals surface area contributed by atoms with Crippen LogP contribution in [0.3, 0.4) is 0 Å². The van der Waals surface area contributed by atoms with Gasteiger partial charge in [-0.25, -0.2) is 5.43 Å². The summed E-state index contributed by atoms with van der Waals surface area (Å²) in [5.74, 6) is 0.321. The lowest BCUT2D eigenvalue weighted by atomic mass is 9.96. The van der Waals surface area contributed by atoms with Gasteiger partial charge in [-0.1, -0.05) is 29.8 Å². The third-order valence-electron chi connectivity index (χ3n) is 3.89. The third kappa shape index (κ3) is 4.72. The molecule has 1 amide bonds. The summed E-state index contributed by atoms with van der Waals surface area (Å²) in [5, 5.41) is 7.27. The van der Waals surface area contributed by atoms with E-state index in [4.69, 9.17) is 0 Å². The number of carbonyl (C=O) groups excluding carboxylic acids is 1. The van der Waals surface area contributed by atoms with Gasteiger partial charge in [-0.05, 0) is 57.1 Å². The number of nitrogens with one attached hydrogen (secondary N) is 2. The lowest BCUT2D eigenvalue weighted by Gasteiger charge is -2.13. The van der Waals surface area contributed by atoms with Crippen molar-refractivity contribution < 1.29 is 4.79 Å². The molecule has 0 radical (unpaired) electrons. The summed E-state index contributed by atoms with van der Waals surface area (Å²) in [4.78, 5) is 11.8. The Morgan fingerprint density at radius 1 is 1.27 bits per heavy atom. The first-order chi connectivity index (χ1) is 10.6. The summed E-state index contributed by atoms with van der Waals surface area (Å²) >= 11 is 0. The van der Waals surface area contributed by atoms with Crippen LogP contribution in [0.2, 0.25) is 0 Å². The highest BCUT2D eigenvalue weighted by Gasteiger charge is 2.08. The highest BCUT2D eigenvalue weighted by molar-refractivity contribution is 5.82. The molecule has 0 unspecified atom stereocenters. The van der Waals surface area contributed by atoms with E-state index < -0.39 is 0 Å². The summed E-state index contributed by atoms with van der Waals surface area (Å²) in [5.41, 5.74) is 7.17. The number of aryl methyl sites for hydroxylation is 3. The lowest BCUT2D eigenvalue weighted by Crippen LogP contribution is -2.26. The first-order valence-corrected chi connectivity index (χ1v) is 7.85. The first kappa shape index (κ1) is 16.3. The zero-order valence-electron chi connectivity index (χ0n) is 13.6. The number of hydrazone groups is 1. The number of amides is 1. The Morgan fingerprint density at radius 3 is 2.64 bits per heavy atom. The van der Waals surface area contributed by atoms with Gasteiger partial charge in [0.05, 0.1) is 6.54 Å². The van der Waals surface area contributed by atoms with Crippen LogP contribution in [-0.2, 0) is 4.79 Å². The maximum absolute atomic E-state index is 11.8. The molecular weight excluding hydrogens is 274 g/mol. The Kier molecular flexibility index (Phi) is 5.75. The van der Waals surface area contributed by atoms with Crippen LogP contribution in [0.5, 0.6) is 0 Å². The van der Waals surface area contributed by atoms with Gasteiger partial charge in [0.15, 0.2) is 0 Å². The minimum Gasteiger partial charge on any atom is -0.376 e. The molecule has 4 heteroatoms. The third-order valence-corrected chi connectivity index (χ3v) is 3.89. The predicted octanol–water partition coefficient (Wildman–Crippen LogP) is 3.48. The summed E-state index contributed by atoms with van der Waals surface area (Å²) in [6, 6.07) is 4.23. The monoisotopic (exact) mass is 299 g/mol. The number of hydrogen-bond acceptors (Lipinski definition) is 3. The van der Waals surface area contributed by atoms with Crippen LogP contribution < -0.4 is 10.7 Å². The SMILES string of the molecule is Cc1cc(C)c(NCC(=O)N/N=C\[C@@H]2CC=CCC2)c(C)c1. The molecule has 1 aliphatic rings. The maximum Gasteiger partial charge on any atom is 0.259 e. The number of carbonyl (C=O) groups is 1. The van der Waals surface area contributed by atoms with E-state index in [0.29, 0.717) is 5.92 Å². The molecule has 1 aromatic carbocycles. The fourth-order valence-electron chi connectivity index (χ4n) is 2.83. The second-order valence-electron chi connectivity index (χ2n) is 5.98. The van der Waals surface area contributed by atoms with E-state index in [2.05, 4.69) is 60.9 Å². The van der Waals surface area contributed by atoms with Crippen LogP contribution >= 0.6 is 0 Å². The van der Waals surface area contributed by atoms with Crippen molar-refractivity contribution in [3.8, 4) is 0 Å². The molecule has 0 spiro atoms. The topological polar surface area (TPSA) is 53.5 Å². The molecule has 1 aromatic rings. The van der Waals surface area contributed by atoms with E-state index >= 15 is 0 Å². The smallest absolute Gasteiger partial charge is 0.259 e. The van der Waals surface area contributed by atoms with Crippen LogP contribution in [0.25, 0.3) is 0 Å². The molecule has 4 nitrogen and oxygen atoms in total. The van der Waals surface area contributed by atoms with E-state index in [-0.39, 0.29) is 12.5 Å². The van der Waals surface area contributed by atoms with Crippen LogP contribution in [0.1, 0.15) is 36.0 Å². The Balaban J connectivity index is 1.80. The zero-order chi connectivity index (χ0) is 15.9. The molecule has 1 atom stereocenters. The van der Waals surface area contributed by atoms with Crippen molar-refractivity contribution in [1.82, 2.24) is 5.43 Å². The summed E-state index contributed by atoms with van der Waals surface area (Å²) < 4.78 is 0. The van der Waals surface area contributed by atoms with E-state index in [1.165, 1.54) is 5.56 Å². The Bertz CT molecular complexity index is 567. The molecule has 118 valence electrons. The maximum atomic E-state index is 11.8. The van der Waals surface area contributed by atoms with Gasteiger partial charge in [-0.3, -0.25) is 4.79 Å². The number of rotatable bonds is 5. The predicted molar refractivity (Wildman–Crippen MR) is 92.3 cm³/mol. The molecule has 2 rings (SSSR count). The van der Waals surface area contributed by atoms with Crippen molar-refractivity contribution in [2.24, 2.45) is 11.0 Å². The van der Waals surface area contributed by atoms with Gasteiger partial charge in [0.25, 0.3) is 5.91 Å². The van der Waals surface area contributed by atoms with E-state index in [1.54, 1.807) is 0 Å². The average Bonchev–Trinajstić information content (AvgIpc) is 2.47. The van der Waals surface area contributed by atoms with Gasteiger partial charge < -0.3 is 5.32 Å². The molecule has 0 fully saturated rings. The number of benzene rings is 1. The fraction of sp³-hybridized carbons (Fsp3) is 0.444. The van der Waals surface area contributed by atoms with Gasteiger partial charge in [0.2, 0.25) is 0 Å². The normalized spacial score (nSPS) is 17.7. The van der Waals surface area contributed by atoms with Crippen molar-refractivity contribution in [3.05, 3.63) is 41.0 Å². The number of nitrogens with zero attached hydrogens (tertiary/aromatic N) is 1. The number of hydrogen-bond donors (Lipinski definition) is 2. The van der Waals surface area contributed by atoms with Crippen LogP contribution in [0.15, 0.2) is 29.4 Å². The van der Waals surface area contributed by atoms with Gasteiger partial charge in [0.1, 0.15) is 0 Å². The minimum absolute atomic E-state index is 0.123. The highest BCUT2D eigenvalue weighted by atomic mass is 16.2. The highest BCUT2D eigenvalue weighted by Crippen LogP contribution is 2.21. The molecule has 1 aliphatic carbocycles. The van der Waals surface area contributed by atoms with Crippen molar-refractivity contribution in [2.75, 3.05) is 11.9 Å². The van der Waals surface area contributed by atoms with Gasteiger partial charge in [-0.15, -0.1) is 0 Å². The van der Waals surface area contributed by atoms with Crippen molar-refractivity contribution >= 4 is 17.8 Å². The Hall–Kier alpha value is -2.10. The van der Waals surface area contributed by atoms with E-state index in [9.17, 15) is 4.79 Å². The summed E-state index contributed by atoms with van der Waals surface area (Å²) in [7, 11) is 0. The summed E-state index contributed by atoms with van der Waals surface area (Å²) in [6.07, 6.45) is 9.43. The fourth-order valence-corrected chi connectivity index (χ4v) is 2.83. The lowest BCUT2D eigenvalue weighted by molar-refractivity contribution is -0.119. The van der Waals surface area contributed by atoms with Gasteiger partial charge >= 0.3 is 0 Å². The number of allylic oxidation sites excluding steroid dienone is 2. The molecule has 2 N–H and O–H groups in total. The van der Waals surface area contributed by atoms with Crippen LogP contribution in [0.4, 0.5) is 5.69 Å². The molecule has 0 bridgehead atoms. The average molecular weight is 299 g/mol. The second-order valence-corrected chi connectivity index (χ2v) is 5.98. The molecule has 0 aromatic heterocycles. The minimum atomic E-state index is -0.123. The zero-order valence-corrected chi connectivity index (χ0v) is 13.6. The molecule has 22 heavy (non-hydrogen) atoms. The van der Waals surface area contributed by atoms with Crippen molar-refractivity contribution in [3.63, 3.8) is 0 Å². The van der Waals surface area contributed by atoms with Crippen LogP contribution in [-0.4, -0.2) is 18.7 Å².